The van der Waals surface area contributed by atoms with Gasteiger partial charge in [0, 0.05) is 12.1 Å². The van der Waals surface area contributed by atoms with Crippen LogP contribution in [0, 0.1) is 19.7 Å². The molecule has 0 saturated carbocycles. The first-order valence-electron chi connectivity index (χ1n) is 9.68. The van der Waals surface area contributed by atoms with Crippen molar-refractivity contribution in [1.29, 1.82) is 0 Å². The molecule has 1 heterocycles. The van der Waals surface area contributed by atoms with Crippen molar-refractivity contribution in [2.24, 2.45) is 0 Å². The fraction of sp³-hybridized carbons (Fsp3) is 0.261. The average molecular weight is 425 g/mol. The molecular weight excluding hydrogens is 399 g/mol. The number of nitrogens with one attached hydrogen (secondary N) is 1. The molecule has 0 radical (unpaired) electrons. The SMILES string of the molecule is C=CCn1c(SCC(=O)N[C@H](C)c2ccc(C)c(C)c2)nnc1-c1ccc(F)cc1. The van der Waals surface area contributed by atoms with E-state index in [1.54, 1.807) is 18.2 Å². The number of aryl methyl sites for hydroxylation is 2. The van der Waals surface area contributed by atoms with Crippen LogP contribution in [-0.4, -0.2) is 26.4 Å². The summed E-state index contributed by atoms with van der Waals surface area (Å²) in [5, 5.41) is 12.1. The minimum Gasteiger partial charge on any atom is -0.349 e. The fourth-order valence-corrected chi connectivity index (χ4v) is 3.79. The van der Waals surface area contributed by atoms with Crippen LogP contribution in [0.25, 0.3) is 11.4 Å². The Bertz CT molecular complexity index is 1050. The number of rotatable bonds is 8. The van der Waals surface area contributed by atoms with Crippen molar-refractivity contribution in [3.63, 3.8) is 0 Å². The maximum atomic E-state index is 13.2. The molecule has 3 rings (SSSR count). The highest BCUT2D eigenvalue weighted by Gasteiger charge is 2.16. The number of benzene rings is 2. The lowest BCUT2D eigenvalue weighted by Gasteiger charge is -2.15. The maximum absolute atomic E-state index is 13.2. The third-order valence-corrected chi connectivity index (χ3v) is 5.84. The Morgan fingerprint density at radius 2 is 1.93 bits per heavy atom. The van der Waals surface area contributed by atoms with Gasteiger partial charge in [0.05, 0.1) is 11.8 Å². The van der Waals surface area contributed by atoms with Gasteiger partial charge in [-0.1, -0.05) is 36.0 Å². The largest absolute Gasteiger partial charge is 0.349 e. The normalized spacial score (nSPS) is 11.9. The van der Waals surface area contributed by atoms with E-state index in [1.165, 1.54) is 35.0 Å². The lowest BCUT2D eigenvalue weighted by Crippen LogP contribution is -2.28. The zero-order chi connectivity index (χ0) is 21.7. The van der Waals surface area contributed by atoms with Crippen LogP contribution in [0.4, 0.5) is 4.39 Å². The average Bonchev–Trinajstić information content (AvgIpc) is 3.12. The lowest BCUT2D eigenvalue weighted by atomic mass is 10.0. The van der Waals surface area contributed by atoms with Gasteiger partial charge in [-0.25, -0.2) is 4.39 Å². The Balaban J connectivity index is 1.67. The number of amides is 1. The Hall–Kier alpha value is -2.93. The molecule has 0 aliphatic rings. The highest BCUT2D eigenvalue weighted by atomic mass is 32.2. The highest BCUT2D eigenvalue weighted by Crippen LogP contribution is 2.24. The third kappa shape index (κ3) is 5.16. The summed E-state index contributed by atoms with van der Waals surface area (Å²) in [6, 6.07) is 12.2. The second kappa shape index (κ2) is 9.71. The molecule has 1 atom stereocenters. The number of carbonyl (C=O) groups excluding carboxylic acids is 1. The van der Waals surface area contributed by atoms with E-state index in [-0.39, 0.29) is 23.5 Å². The van der Waals surface area contributed by atoms with Crippen LogP contribution in [0.5, 0.6) is 0 Å². The zero-order valence-corrected chi connectivity index (χ0v) is 18.2. The zero-order valence-electron chi connectivity index (χ0n) is 17.4. The molecule has 0 saturated heterocycles. The van der Waals surface area contributed by atoms with Gasteiger partial charge in [0.25, 0.3) is 0 Å². The third-order valence-electron chi connectivity index (χ3n) is 4.87. The van der Waals surface area contributed by atoms with Crippen LogP contribution in [0.1, 0.15) is 29.7 Å². The molecule has 0 bridgehead atoms. The standard InChI is InChI=1S/C23H25FN4OS/c1-5-12-28-22(18-8-10-20(24)11-9-18)26-27-23(28)30-14-21(29)25-17(4)19-7-6-15(2)16(3)13-19/h5-11,13,17H,1,12,14H2,2-4H3,(H,25,29)/t17-/m1/s1. The summed E-state index contributed by atoms with van der Waals surface area (Å²) in [6.45, 7) is 10.4. The van der Waals surface area contributed by atoms with Crippen molar-refractivity contribution in [2.75, 3.05) is 5.75 Å². The summed E-state index contributed by atoms with van der Waals surface area (Å²) in [7, 11) is 0. The Kier molecular flexibility index (Phi) is 7.05. The van der Waals surface area contributed by atoms with Gasteiger partial charge in [-0.2, -0.15) is 0 Å². The van der Waals surface area contributed by atoms with Crippen LogP contribution in [0.2, 0.25) is 0 Å². The molecule has 1 N–H and O–H groups in total. The molecular formula is C23H25FN4OS. The Labute approximate surface area is 180 Å². The summed E-state index contributed by atoms with van der Waals surface area (Å²) in [5.74, 6) is 0.439. The second-order valence-electron chi connectivity index (χ2n) is 7.13. The first kappa shape index (κ1) is 21.8. The summed E-state index contributed by atoms with van der Waals surface area (Å²) in [4.78, 5) is 12.5. The summed E-state index contributed by atoms with van der Waals surface area (Å²) in [5.41, 5.74) is 4.26. The molecule has 156 valence electrons. The van der Waals surface area contributed by atoms with Crippen molar-refractivity contribution in [2.45, 2.75) is 38.5 Å². The molecule has 5 nitrogen and oxygen atoms in total. The molecule has 0 unspecified atom stereocenters. The number of nitrogens with zero attached hydrogens (tertiary/aromatic N) is 3. The van der Waals surface area contributed by atoms with Crippen molar-refractivity contribution < 1.29 is 9.18 Å². The van der Waals surface area contributed by atoms with E-state index in [0.717, 1.165) is 11.1 Å². The summed E-state index contributed by atoms with van der Waals surface area (Å²) >= 11 is 1.31. The van der Waals surface area contributed by atoms with Gasteiger partial charge in [-0.15, -0.1) is 16.8 Å². The Morgan fingerprint density at radius 1 is 1.20 bits per heavy atom. The van der Waals surface area contributed by atoms with Crippen LogP contribution < -0.4 is 5.32 Å². The van der Waals surface area contributed by atoms with E-state index in [4.69, 9.17) is 0 Å². The minimum atomic E-state index is -0.308. The minimum absolute atomic E-state index is 0.0813. The van der Waals surface area contributed by atoms with Gasteiger partial charge >= 0.3 is 0 Å². The predicted molar refractivity (Wildman–Crippen MR) is 119 cm³/mol. The van der Waals surface area contributed by atoms with E-state index in [9.17, 15) is 9.18 Å². The predicted octanol–water partition coefficient (Wildman–Crippen LogP) is 4.86. The van der Waals surface area contributed by atoms with Crippen molar-refractivity contribution in [3.8, 4) is 11.4 Å². The summed E-state index contributed by atoms with van der Waals surface area (Å²) in [6.07, 6.45) is 1.74. The van der Waals surface area contributed by atoms with Crippen molar-refractivity contribution in [1.82, 2.24) is 20.1 Å². The van der Waals surface area contributed by atoms with E-state index in [1.807, 2.05) is 17.6 Å². The number of carbonyl (C=O) groups is 1. The van der Waals surface area contributed by atoms with Gasteiger partial charge in [0.2, 0.25) is 5.91 Å². The maximum Gasteiger partial charge on any atom is 0.230 e. The number of thioether (sulfide) groups is 1. The Morgan fingerprint density at radius 3 is 2.60 bits per heavy atom. The topological polar surface area (TPSA) is 59.8 Å². The van der Waals surface area contributed by atoms with Crippen LogP contribution in [0.15, 0.2) is 60.3 Å². The molecule has 1 amide bonds. The number of halogens is 1. The van der Waals surface area contributed by atoms with Crippen molar-refractivity contribution >= 4 is 17.7 Å². The smallest absolute Gasteiger partial charge is 0.230 e. The summed E-state index contributed by atoms with van der Waals surface area (Å²) < 4.78 is 15.1. The van der Waals surface area contributed by atoms with Gasteiger partial charge in [0.1, 0.15) is 5.82 Å². The second-order valence-corrected chi connectivity index (χ2v) is 8.08. The highest BCUT2D eigenvalue weighted by molar-refractivity contribution is 7.99. The molecule has 2 aromatic carbocycles. The molecule has 30 heavy (non-hydrogen) atoms. The molecule has 1 aromatic heterocycles. The van der Waals surface area contributed by atoms with E-state index in [2.05, 4.69) is 48.1 Å². The lowest BCUT2D eigenvalue weighted by molar-refractivity contribution is -0.119. The monoisotopic (exact) mass is 424 g/mol. The first-order chi connectivity index (χ1) is 14.4. The van der Waals surface area contributed by atoms with Crippen molar-refractivity contribution in [3.05, 3.63) is 77.6 Å². The number of hydrogen-bond acceptors (Lipinski definition) is 4. The first-order valence-corrected chi connectivity index (χ1v) is 10.7. The van der Waals surface area contributed by atoms with Gasteiger partial charge in [-0.3, -0.25) is 9.36 Å². The number of aromatic nitrogens is 3. The molecule has 7 heteroatoms. The quantitative estimate of drug-likeness (QED) is 0.415. The molecule has 0 spiro atoms. The van der Waals surface area contributed by atoms with Crippen LogP contribution in [-0.2, 0) is 11.3 Å². The molecule has 0 aliphatic heterocycles. The van der Waals surface area contributed by atoms with Crippen LogP contribution >= 0.6 is 11.8 Å². The number of allylic oxidation sites excluding steroid dienone is 1. The molecule has 3 aromatic rings. The molecule has 0 fully saturated rings. The number of hydrogen-bond donors (Lipinski definition) is 1. The molecule has 0 aliphatic carbocycles. The van der Waals surface area contributed by atoms with E-state index < -0.39 is 0 Å². The van der Waals surface area contributed by atoms with E-state index in [0.29, 0.717) is 17.5 Å². The van der Waals surface area contributed by atoms with Gasteiger partial charge < -0.3 is 5.32 Å². The van der Waals surface area contributed by atoms with Gasteiger partial charge in [0.15, 0.2) is 11.0 Å². The fourth-order valence-electron chi connectivity index (χ4n) is 3.03. The van der Waals surface area contributed by atoms with Crippen LogP contribution in [0.3, 0.4) is 0 Å². The van der Waals surface area contributed by atoms with E-state index >= 15 is 0 Å². The van der Waals surface area contributed by atoms with Gasteiger partial charge in [-0.05, 0) is 61.7 Å².